The molecule has 1 aliphatic rings. The van der Waals surface area contributed by atoms with Crippen molar-refractivity contribution in [2.45, 2.75) is 18.5 Å². The monoisotopic (exact) mass is 379 g/mol. The van der Waals surface area contributed by atoms with Crippen molar-refractivity contribution in [1.29, 1.82) is 0 Å². The lowest BCUT2D eigenvalue weighted by Crippen LogP contribution is -2.32. The van der Waals surface area contributed by atoms with Gasteiger partial charge in [-0.25, -0.2) is 0 Å². The van der Waals surface area contributed by atoms with Crippen LogP contribution in [0.25, 0.3) is 0 Å². The van der Waals surface area contributed by atoms with Gasteiger partial charge in [0, 0.05) is 12.2 Å². The quantitative estimate of drug-likeness (QED) is 0.865. The van der Waals surface area contributed by atoms with E-state index in [-0.39, 0.29) is 24.6 Å². The first-order chi connectivity index (χ1) is 12.7. The molecule has 8 heteroatoms. The fraction of sp³-hybridized carbons (Fsp3) is 0.263. The van der Waals surface area contributed by atoms with Gasteiger partial charge in [-0.3, -0.25) is 9.59 Å². The van der Waals surface area contributed by atoms with Gasteiger partial charge in [-0.2, -0.15) is 13.2 Å². The number of carbonyl (C=O) groups excluding carboxylic acids is 1. The van der Waals surface area contributed by atoms with Gasteiger partial charge in [0.25, 0.3) is 0 Å². The summed E-state index contributed by atoms with van der Waals surface area (Å²) < 4.78 is 41.5. The van der Waals surface area contributed by atoms with E-state index in [9.17, 15) is 27.9 Å². The molecule has 1 atom stereocenters. The number of amides is 1. The second-order valence-electron chi connectivity index (χ2n) is 6.18. The molecule has 0 aromatic heterocycles. The third kappa shape index (κ3) is 4.39. The summed E-state index contributed by atoms with van der Waals surface area (Å²) in [6.45, 7) is -1.39. The molecule has 1 unspecified atom stereocenters. The molecule has 0 aliphatic carbocycles. The minimum Gasteiger partial charge on any atom is -0.484 e. The number of hydrogen-bond donors (Lipinski definition) is 1. The number of halogens is 3. The summed E-state index contributed by atoms with van der Waals surface area (Å²) >= 11 is 0. The molecule has 0 radical (unpaired) electrons. The second kappa shape index (κ2) is 7.30. The number of alkyl halides is 3. The fourth-order valence-corrected chi connectivity index (χ4v) is 3.04. The molecule has 1 aliphatic heterocycles. The van der Waals surface area contributed by atoms with Crippen molar-refractivity contribution in [3.63, 3.8) is 0 Å². The Kier molecular flexibility index (Phi) is 5.07. The van der Waals surface area contributed by atoms with Crippen molar-refractivity contribution in [2.75, 3.05) is 18.1 Å². The van der Waals surface area contributed by atoms with Crippen molar-refractivity contribution in [3.05, 3.63) is 59.7 Å². The number of rotatable bonds is 5. The largest absolute Gasteiger partial charge is 0.484 e. The molecule has 0 bridgehead atoms. The predicted octanol–water partition coefficient (Wildman–Crippen LogP) is 3.39. The number of ether oxygens (including phenoxy) is 1. The van der Waals surface area contributed by atoms with E-state index in [1.54, 1.807) is 30.3 Å². The third-order valence-electron chi connectivity index (χ3n) is 4.22. The van der Waals surface area contributed by atoms with Crippen LogP contribution in [0.15, 0.2) is 48.5 Å². The number of carbonyl (C=O) groups is 2. The molecule has 0 saturated heterocycles. The maximum atomic E-state index is 12.7. The van der Waals surface area contributed by atoms with Crippen molar-refractivity contribution in [3.8, 4) is 5.75 Å². The summed E-state index contributed by atoms with van der Waals surface area (Å²) in [5.74, 6) is -2.13. The molecule has 3 rings (SSSR count). The van der Waals surface area contributed by atoms with E-state index in [0.29, 0.717) is 16.8 Å². The van der Waals surface area contributed by atoms with Crippen LogP contribution in [0.5, 0.6) is 5.75 Å². The molecule has 1 amide bonds. The predicted molar refractivity (Wildman–Crippen MR) is 90.9 cm³/mol. The zero-order chi connectivity index (χ0) is 19.6. The summed E-state index contributed by atoms with van der Waals surface area (Å²) in [7, 11) is 0. The lowest BCUT2D eigenvalue weighted by Gasteiger charge is -2.18. The van der Waals surface area contributed by atoms with E-state index in [0.717, 1.165) is 0 Å². The van der Waals surface area contributed by atoms with E-state index in [4.69, 9.17) is 4.74 Å². The molecule has 5 nitrogen and oxygen atoms in total. The molecule has 1 heterocycles. The summed E-state index contributed by atoms with van der Waals surface area (Å²) in [5.41, 5.74) is 1.59. The van der Waals surface area contributed by atoms with E-state index in [1.807, 2.05) is 0 Å². The summed E-state index contributed by atoms with van der Waals surface area (Å²) in [6.07, 6.45) is -4.53. The Morgan fingerprint density at radius 2 is 1.89 bits per heavy atom. The highest BCUT2D eigenvalue weighted by molar-refractivity contribution is 5.99. The van der Waals surface area contributed by atoms with Crippen molar-refractivity contribution in [2.24, 2.45) is 0 Å². The highest BCUT2D eigenvalue weighted by Crippen LogP contribution is 2.36. The Hall–Kier alpha value is -3.03. The van der Waals surface area contributed by atoms with E-state index in [1.165, 1.54) is 23.1 Å². The van der Waals surface area contributed by atoms with Crippen LogP contribution in [0.4, 0.5) is 18.9 Å². The number of nitrogens with zero attached hydrogens (tertiary/aromatic N) is 1. The summed E-state index contributed by atoms with van der Waals surface area (Å²) in [5, 5.41) is 9.36. The van der Waals surface area contributed by atoms with Crippen LogP contribution >= 0.6 is 0 Å². The van der Waals surface area contributed by atoms with Gasteiger partial charge in [-0.1, -0.05) is 30.3 Å². The zero-order valence-corrected chi connectivity index (χ0v) is 14.1. The zero-order valence-electron chi connectivity index (χ0n) is 14.1. The minimum atomic E-state index is -4.45. The van der Waals surface area contributed by atoms with Crippen LogP contribution in [0.3, 0.4) is 0 Å². The fourth-order valence-electron chi connectivity index (χ4n) is 3.04. The number of carboxylic acids is 1. The number of hydrogen-bond acceptors (Lipinski definition) is 3. The van der Waals surface area contributed by atoms with E-state index >= 15 is 0 Å². The first-order valence-corrected chi connectivity index (χ1v) is 8.15. The number of anilines is 1. The van der Waals surface area contributed by atoms with Crippen molar-refractivity contribution in [1.82, 2.24) is 0 Å². The highest BCUT2D eigenvalue weighted by Gasteiger charge is 2.36. The van der Waals surface area contributed by atoms with Gasteiger partial charge in [0.15, 0.2) is 6.61 Å². The van der Waals surface area contributed by atoms with Crippen LogP contribution < -0.4 is 9.64 Å². The number of aliphatic carboxylic acids is 1. The van der Waals surface area contributed by atoms with E-state index < -0.39 is 24.7 Å². The van der Waals surface area contributed by atoms with Crippen LogP contribution in [0, 0.1) is 0 Å². The highest BCUT2D eigenvalue weighted by atomic mass is 19.4. The molecule has 0 fully saturated rings. The molecule has 2 aromatic rings. The topological polar surface area (TPSA) is 66.8 Å². The van der Waals surface area contributed by atoms with Crippen LogP contribution in [-0.4, -0.2) is 36.3 Å². The molecule has 142 valence electrons. The molecular weight excluding hydrogens is 363 g/mol. The van der Waals surface area contributed by atoms with E-state index in [2.05, 4.69) is 0 Å². The average Bonchev–Trinajstić information content (AvgIpc) is 3.00. The SMILES string of the molecule is O=C(O)C1CN(C(=O)Cc2cccc(OCC(F)(F)F)c2)c2ccccc21. The lowest BCUT2D eigenvalue weighted by molar-refractivity contribution is -0.153. The van der Waals surface area contributed by atoms with Crippen LogP contribution in [0.1, 0.15) is 17.0 Å². The third-order valence-corrected chi connectivity index (χ3v) is 4.22. The maximum Gasteiger partial charge on any atom is 0.422 e. The Morgan fingerprint density at radius 1 is 1.15 bits per heavy atom. The molecule has 1 N–H and O–H groups in total. The van der Waals surface area contributed by atoms with Crippen molar-refractivity contribution >= 4 is 17.6 Å². The van der Waals surface area contributed by atoms with Gasteiger partial charge in [0.1, 0.15) is 11.7 Å². The number of carboxylic acid groups (broad SMARTS) is 1. The lowest BCUT2D eigenvalue weighted by atomic mass is 10.0. The Morgan fingerprint density at radius 3 is 2.59 bits per heavy atom. The van der Waals surface area contributed by atoms with Gasteiger partial charge in [-0.05, 0) is 29.3 Å². The molecule has 2 aromatic carbocycles. The number of fused-ring (bicyclic) bond motifs is 1. The molecule has 0 spiro atoms. The standard InChI is InChI=1S/C19H16F3NO4/c20-19(21,22)11-27-13-5-3-4-12(8-13)9-17(24)23-10-15(18(25)26)14-6-1-2-7-16(14)23/h1-8,15H,9-11H2,(H,25,26). The number of para-hydroxylation sites is 1. The summed E-state index contributed by atoms with van der Waals surface area (Å²) in [4.78, 5) is 25.5. The average molecular weight is 379 g/mol. The normalized spacial score (nSPS) is 16.1. The van der Waals surface area contributed by atoms with Crippen molar-refractivity contribution < 1.29 is 32.6 Å². The van der Waals surface area contributed by atoms with Gasteiger partial charge < -0.3 is 14.7 Å². The molecule has 27 heavy (non-hydrogen) atoms. The Labute approximate surface area is 153 Å². The van der Waals surface area contributed by atoms with Gasteiger partial charge in [0.05, 0.1) is 6.42 Å². The number of benzene rings is 2. The smallest absolute Gasteiger partial charge is 0.422 e. The van der Waals surface area contributed by atoms with Gasteiger partial charge >= 0.3 is 12.1 Å². The van der Waals surface area contributed by atoms with Gasteiger partial charge in [0.2, 0.25) is 5.91 Å². The second-order valence-corrected chi connectivity index (χ2v) is 6.18. The first-order valence-electron chi connectivity index (χ1n) is 8.15. The Balaban J connectivity index is 1.74. The maximum absolute atomic E-state index is 12.7. The van der Waals surface area contributed by atoms with Crippen LogP contribution in [-0.2, 0) is 16.0 Å². The van der Waals surface area contributed by atoms with Gasteiger partial charge in [-0.15, -0.1) is 0 Å². The molecule has 0 saturated carbocycles. The van der Waals surface area contributed by atoms with Crippen LogP contribution in [0.2, 0.25) is 0 Å². The Bertz CT molecular complexity index is 866. The summed E-state index contributed by atoms with van der Waals surface area (Å²) in [6, 6.07) is 12.7. The molecular formula is C19H16F3NO4. The minimum absolute atomic E-state index is 0.0165. The first kappa shape index (κ1) is 18.8.